The molecule has 0 aromatic carbocycles. The van der Waals surface area contributed by atoms with Crippen LogP contribution in [0.1, 0.15) is 32.6 Å². The third kappa shape index (κ3) is 6.68. The van der Waals surface area contributed by atoms with Gasteiger partial charge in [-0.15, -0.1) is 4.18 Å². The molecule has 0 rings (SSSR count). The summed E-state index contributed by atoms with van der Waals surface area (Å²) >= 11 is 0. The van der Waals surface area contributed by atoms with Crippen LogP contribution in [-0.2, 0) is 28.0 Å². The van der Waals surface area contributed by atoms with Crippen LogP contribution in [0.2, 0.25) is 0 Å². The van der Waals surface area contributed by atoms with E-state index in [4.69, 9.17) is 0 Å². The lowest BCUT2D eigenvalue weighted by molar-refractivity contribution is -0.640. The molecule has 0 fully saturated rings. The Labute approximate surface area is 73.8 Å². The Hall–Kier alpha value is -0.0100. The summed E-state index contributed by atoms with van der Waals surface area (Å²) in [6, 6.07) is 0. The summed E-state index contributed by atoms with van der Waals surface area (Å²) in [5.41, 5.74) is 0. The maximum atomic E-state index is 10.5. The summed E-state index contributed by atoms with van der Waals surface area (Å²) in [5, 5.41) is 0. The highest BCUT2D eigenvalue weighted by atomic mass is 32.3. The number of hydrogen-bond donors (Lipinski definition) is 1. The second-order valence-corrected chi connectivity index (χ2v) is 3.70. The zero-order valence-electron chi connectivity index (χ0n) is 7.28. The summed E-state index contributed by atoms with van der Waals surface area (Å²) < 4.78 is 29.3. The van der Waals surface area contributed by atoms with E-state index >= 15 is 0 Å². The molecule has 73 valence electrons. The third-order valence-corrected chi connectivity index (χ3v) is 2.11. The highest BCUT2D eigenvalue weighted by Gasteiger charge is 2.34. The van der Waals surface area contributed by atoms with Crippen molar-refractivity contribution in [3.05, 3.63) is 0 Å². The lowest BCUT2D eigenvalue weighted by atomic mass is 10.2. The van der Waals surface area contributed by atoms with Crippen molar-refractivity contribution in [2.75, 3.05) is 6.61 Å². The SMILES string of the molecule is CCCCCCO[S+]([O])(=O)O[NH3+]. The number of hydrogen-bond acceptors (Lipinski definition) is 3. The molecule has 0 aliphatic heterocycles. The molecule has 5 nitrogen and oxygen atoms in total. The largest absolute Gasteiger partial charge is 0.597 e. The Kier molecular flexibility index (Phi) is 6.49. The molecule has 6 heteroatoms. The first-order valence-electron chi connectivity index (χ1n) is 3.95. The molecule has 12 heavy (non-hydrogen) atoms. The molecule has 0 aliphatic rings. The summed E-state index contributed by atoms with van der Waals surface area (Å²) in [5.74, 6) is 2.76. The first kappa shape index (κ1) is 12.0. The van der Waals surface area contributed by atoms with E-state index in [1.54, 1.807) is 0 Å². The Morgan fingerprint density at radius 3 is 2.50 bits per heavy atom. The molecule has 0 bridgehead atoms. The number of rotatable bonds is 7. The van der Waals surface area contributed by atoms with Crippen LogP contribution in [0.3, 0.4) is 0 Å². The predicted molar refractivity (Wildman–Crippen MR) is 42.8 cm³/mol. The maximum absolute atomic E-state index is 10.5. The Balaban J connectivity index is 3.25. The summed E-state index contributed by atoms with van der Waals surface area (Å²) in [6.07, 6.45) is 3.91. The van der Waals surface area contributed by atoms with Gasteiger partial charge in [0.05, 0.1) is 4.28 Å². The fourth-order valence-corrected chi connectivity index (χ4v) is 1.11. The quantitative estimate of drug-likeness (QED) is 0.366. The van der Waals surface area contributed by atoms with Gasteiger partial charge in [0.1, 0.15) is 11.2 Å². The van der Waals surface area contributed by atoms with Crippen LogP contribution in [0, 0.1) is 0 Å². The van der Waals surface area contributed by atoms with Crippen molar-refractivity contribution in [3.63, 3.8) is 0 Å². The molecule has 1 unspecified atom stereocenters. The Morgan fingerprint density at radius 1 is 1.33 bits per heavy atom. The lowest BCUT2D eigenvalue weighted by Crippen LogP contribution is -2.53. The van der Waals surface area contributed by atoms with Crippen molar-refractivity contribution in [2.45, 2.75) is 32.6 Å². The van der Waals surface area contributed by atoms with Gasteiger partial charge in [0.2, 0.25) is 0 Å². The van der Waals surface area contributed by atoms with Gasteiger partial charge in [0, 0.05) is 4.21 Å². The van der Waals surface area contributed by atoms with Gasteiger partial charge in [-0.1, -0.05) is 26.2 Å². The zero-order valence-corrected chi connectivity index (χ0v) is 8.10. The van der Waals surface area contributed by atoms with Crippen LogP contribution in [0.5, 0.6) is 0 Å². The van der Waals surface area contributed by atoms with E-state index in [2.05, 4.69) is 21.3 Å². The van der Waals surface area contributed by atoms with Crippen LogP contribution >= 0.6 is 0 Å². The van der Waals surface area contributed by atoms with Gasteiger partial charge >= 0.3 is 10.8 Å². The highest BCUT2D eigenvalue weighted by molar-refractivity contribution is 7.88. The minimum Gasteiger partial charge on any atom is -0.155 e. The average molecular weight is 198 g/mol. The molecule has 1 radical (unpaired) electrons. The second kappa shape index (κ2) is 6.50. The molecular formula is C6H16NO4S+2. The normalized spacial score (nSPS) is 15.9. The topological polar surface area (TPSA) is 83.1 Å². The van der Waals surface area contributed by atoms with Crippen LogP contribution in [-0.4, -0.2) is 6.61 Å². The standard InChI is InChI=1S/C6H16NO4S/c1-2-3-4-5-6-10-12(8,9)11-7/h2-6H2,1,7H3/q+2. The van der Waals surface area contributed by atoms with Gasteiger partial charge in [0.25, 0.3) is 0 Å². The molecule has 0 amide bonds. The van der Waals surface area contributed by atoms with Gasteiger partial charge in [-0.05, 0) is 6.42 Å². The van der Waals surface area contributed by atoms with E-state index in [1.807, 2.05) is 0 Å². The molecule has 0 spiro atoms. The third-order valence-electron chi connectivity index (χ3n) is 1.37. The fourth-order valence-electron chi connectivity index (χ4n) is 0.724. The van der Waals surface area contributed by atoms with Crippen LogP contribution in [0.4, 0.5) is 0 Å². The van der Waals surface area contributed by atoms with Crippen molar-refractivity contribution in [2.24, 2.45) is 0 Å². The average Bonchev–Trinajstić information content (AvgIpc) is 2.04. The van der Waals surface area contributed by atoms with Crippen molar-refractivity contribution >= 4 is 10.8 Å². The minimum atomic E-state index is -3.82. The summed E-state index contributed by atoms with van der Waals surface area (Å²) in [7, 11) is -3.82. The van der Waals surface area contributed by atoms with E-state index in [9.17, 15) is 8.76 Å². The zero-order chi connectivity index (χ0) is 9.45. The van der Waals surface area contributed by atoms with Crippen LogP contribution < -0.4 is 5.90 Å². The van der Waals surface area contributed by atoms with Crippen molar-refractivity contribution < 1.29 is 23.1 Å². The Morgan fingerprint density at radius 2 is 2.00 bits per heavy atom. The van der Waals surface area contributed by atoms with Gasteiger partial charge in [-0.3, -0.25) is 0 Å². The molecule has 0 aromatic rings. The molecule has 0 aliphatic carbocycles. The molecule has 0 saturated heterocycles. The van der Waals surface area contributed by atoms with Gasteiger partial charge in [0.15, 0.2) is 0 Å². The molecule has 3 N–H and O–H groups in total. The van der Waals surface area contributed by atoms with E-state index < -0.39 is 10.8 Å². The highest BCUT2D eigenvalue weighted by Crippen LogP contribution is 2.04. The predicted octanol–water partition coefficient (Wildman–Crippen LogP) is 0.432. The summed E-state index contributed by atoms with van der Waals surface area (Å²) in [4.78, 5) is 0. The monoisotopic (exact) mass is 198 g/mol. The van der Waals surface area contributed by atoms with E-state index in [0.717, 1.165) is 25.7 Å². The smallest absolute Gasteiger partial charge is 0.155 e. The van der Waals surface area contributed by atoms with Crippen LogP contribution in [0.15, 0.2) is 0 Å². The molecular weight excluding hydrogens is 182 g/mol. The number of quaternary nitrogens is 1. The van der Waals surface area contributed by atoms with Gasteiger partial charge in [-0.2, -0.15) is 5.90 Å². The maximum Gasteiger partial charge on any atom is 0.597 e. The first-order valence-corrected chi connectivity index (χ1v) is 5.28. The van der Waals surface area contributed by atoms with Crippen LogP contribution in [0.25, 0.3) is 0 Å². The van der Waals surface area contributed by atoms with E-state index in [1.165, 1.54) is 0 Å². The number of unbranched alkanes of at least 4 members (excludes halogenated alkanes) is 3. The fraction of sp³-hybridized carbons (Fsp3) is 1.00. The van der Waals surface area contributed by atoms with Crippen molar-refractivity contribution in [1.82, 2.24) is 0 Å². The molecule has 0 heterocycles. The minimum absolute atomic E-state index is 0.178. The summed E-state index contributed by atoms with van der Waals surface area (Å²) in [6.45, 7) is 2.26. The van der Waals surface area contributed by atoms with E-state index in [-0.39, 0.29) is 6.61 Å². The van der Waals surface area contributed by atoms with Crippen molar-refractivity contribution in [1.29, 1.82) is 0 Å². The van der Waals surface area contributed by atoms with Gasteiger partial charge < -0.3 is 0 Å². The molecule has 0 aromatic heterocycles. The Bertz CT molecular complexity index is 152. The lowest BCUT2D eigenvalue weighted by Gasteiger charge is -1.95. The molecule has 1 atom stereocenters. The molecule has 0 saturated carbocycles. The van der Waals surface area contributed by atoms with Gasteiger partial charge in [-0.25, -0.2) is 0 Å². The van der Waals surface area contributed by atoms with Crippen molar-refractivity contribution in [3.8, 4) is 0 Å². The second-order valence-electron chi connectivity index (χ2n) is 2.41. The van der Waals surface area contributed by atoms with E-state index in [0.29, 0.717) is 0 Å². The first-order chi connectivity index (χ1) is 5.62.